The van der Waals surface area contributed by atoms with Crippen LogP contribution in [0.15, 0.2) is 46.7 Å². The van der Waals surface area contributed by atoms with Crippen LogP contribution in [0.25, 0.3) is 5.57 Å². The average molecular weight is 274 g/mol. The maximum absolute atomic E-state index is 11.0. The Morgan fingerprint density at radius 2 is 2.11 bits per heavy atom. The Balaban J connectivity index is 2.26. The zero-order chi connectivity index (χ0) is 12.5. The van der Waals surface area contributed by atoms with E-state index in [1.54, 1.807) is 23.1 Å². The minimum absolute atomic E-state index is 0.827. The van der Waals surface area contributed by atoms with Crippen LogP contribution >= 0.6 is 23.1 Å². The van der Waals surface area contributed by atoms with E-state index in [2.05, 4.69) is 6.07 Å². The molecule has 0 spiro atoms. The normalized spacial score (nSPS) is 15.9. The quantitative estimate of drug-likeness (QED) is 0.802. The summed E-state index contributed by atoms with van der Waals surface area (Å²) < 4.78 is 0. The lowest BCUT2D eigenvalue weighted by Crippen LogP contribution is -1.94. The smallest absolute Gasteiger partial charge is 0.328 e. The first-order valence-corrected chi connectivity index (χ1v) is 7.36. The van der Waals surface area contributed by atoms with E-state index in [0.29, 0.717) is 0 Å². The molecule has 2 nitrogen and oxygen atoms in total. The lowest BCUT2D eigenvalue weighted by molar-refractivity contribution is -0.131. The summed E-state index contributed by atoms with van der Waals surface area (Å²) in [6.07, 6.45) is 1.32. The predicted octanol–water partition coefficient (Wildman–Crippen LogP) is 3.87. The maximum Gasteiger partial charge on any atom is 0.328 e. The van der Waals surface area contributed by atoms with Gasteiger partial charge < -0.3 is 5.11 Å². The number of carboxylic acid groups (broad SMARTS) is 1. The van der Waals surface area contributed by atoms with Gasteiger partial charge in [-0.15, -0.1) is 23.1 Å². The molecule has 0 bridgehead atoms. The van der Waals surface area contributed by atoms with Gasteiger partial charge in [-0.1, -0.05) is 18.2 Å². The standard InChI is InChI=1S/C14H10O2S2/c15-13(16)7-11-10-3-1-2-4-12(10)18-8-9-5-6-17-14(9)11/h1-7H,8H2,(H,15,16)/b11-7+. The van der Waals surface area contributed by atoms with Crippen LogP contribution in [0, 0.1) is 0 Å². The van der Waals surface area contributed by atoms with Gasteiger partial charge in [0.15, 0.2) is 0 Å². The molecule has 1 aromatic carbocycles. The Bertz CT molecular complexity index is 641. The molecular formula is C14H10O2S2. The summed E-state index contributed by atoms with van der Waals surface area (Å²) in [6.45, 7) is 0. The number of rotatable bonds is 1. The SMILES string of the molecule is O=C(O)/C=C1\c2ccccc2SCc2ccsc21. The molecule has 1 aromatic heterocycles. The fourth-order valence-corrected chi connectivity index (χ4v) is 4.15. The fraction of sp³-hybridized carbons (Fsp3) is 0.0714. The molecule has 1 aliphatic heterocycles. The number of aliphatic carboxylic acids is 1. The van der Waals surface area contributed by atoms with Crippen molar-refractivity contribution in [2.75, 3.05) is 0 Å². The molecule has 0 atom stereocenters. The predicted molar refractivity (Wildman–Crippen MR) is 75.0 cm³/mol. The van der Waals surface area contributed by atoms with Crippen molar-refractivity contribution in [2.24, 2.45) is 0 Å². The highest BCUT2D eigenvalue weighted by atomic mass is 32.2. The van der Waals surface area contributed by atoms with Crippen LogP contribution in [0.4, 0.5) is 0 Å². The second-order valence-corrected chi connectivity index (χ2v) is 5.89. The number of hydrogen-bond donors (Lipinski definition) is 1. The zero-order valence-electron chi connectivity index (χ0n) is 9.42. The second kappa shape index (κ2) is 4.63. The molecule has 0 amide bonds. The number of thioether (sulfide) groups is 1. The summed E-state index contributed by atoms with van der Waals surface area (Å²) in [5.74, 6) is -0.00153. The first-order valence-electron chi connectivity index (χ1n) is 5.49. The van der Waals surface area contributed by atoms with Crippen molar-refractivity contribution < 1.29 is 9.90 Å². The Labute approximate surface area is 113 Å². The molecule has 4 heteroatoms. The van der Waals surface area contributed by atoms with Crippen molar-refractivity contribution >= 4 is 34.6 Å². The molecule has 2 heterocycles. The number of fused-ring (bicyclic) bond motifs is 2. The van der Waals surface area contributed by atoms with E-state index in [1.165, 1.54) is 11.6 Å². The summed E-state index contributed by atoms with van der Waals surface area (Å²) in [7, 11) is 0. The second-order valence-electron chi connectivity index (χ2n) is 3.96. The van der Waals surface area contributed by atoms with Crippen LogP contribution in [-0.4, -0.2) is 11.1 Å². The van der Waals surface area contributed by atoms with E-state index in [4.69, 9.17) is 5.11 Å². The summed E-state index contributed by atoms with van der Waals surface area (Å²) in [5, 5.41) is 11.1. The van der Waals surface area contributed by atoms with Crippen LogP contribution in [0.2, 0.25) is 0 Å². The van der Waals surface area contributed by atoms with E-state index >= 15 is 0 Å². The van der Waals surface area contributed by atoms with Gasteiger partial charge in [-0.05, 0) is 28.6 Å². The number of carboxylic acids is 1. The van der Waals surface area contributed by atoms with Crippen LogP contribution < -0.4 is 0 Å². The Hall–Kier alpha value is -1.52. The van der Waals surface area contributed by atoms with E-state index < -0.39 is 5.97 Å². The van der Waals surface area contributed by atoms with Crippen molar-refractivity contribution in [3.05, 3.63) is 57.8 Å². The number of benzene rings is 1. The molecule has 0 saturated carbocycles. The van der Waals surface area contributed by atoms with E-state index in [9.17, 15) is 4.79 Å². The molecule has 2 aromatic rings. The zero-order valence-corrected chi connectivity index (χ0v) is 11.1. The molecule has 1 N–H and O–H groups in total. The van der Waals surface area contributed by atoms with Crippen LogP contribution in [0.1, 0.15) is 16.0 Å². The molecule has 1 aliphatic rings. The lowest BCUT2D eigenvalue weighted by atomic mass is 10.0. The minimum Gasteiger partial charge on any atom is -0.478 e. The maximum atomic E-state index is 11.0. The summed E-state index contributed by atoms with van der Waals surface area (Å²) in [6, 6.07) is 10.1. The monoisotopic (exact) mass is 274 g/mol. The van der Waals surface area contributed by atoms with Crippen LogP contribution in [-0.2, 0) is 10.5 Å². The van der Waals surface area contributed by atoms with Gasteiger partial charge >= 0.3 is 5.97 Å². The topological polar surface area (TPSA) is 37.3 Å². The molecule has 0 unspecified atom stereocenters. The van der Waals surface area contributed by atoms with Crippen LogP contribution in [0.5, 0.6) is 0 Å². The fourth-order valence-electron chi connectivity index (χ4n) is 2.05. The molecule has 18 heavy (non-hydrogen) atoms. The Morgan fingerprint density at radius 1 is 1.28 bits per heavy atom. The van der Waals surface area contributed by atoms with Gasteiger partial charge in [0.25, 0.3) is 0 Å². The Kier molecular flexibility index (Phi) is 2.97. The average Bonchev–Trinajstić information content (AvgIpc) is 2.77. The van der Waals surface area contributed by atoms with Gasteiger partial charge in [0.2, 0.25) is 0 Å². The molecule has 90 valence electrons. The Morgan fingerprint density at radius 3 is 2.94 bits per heavy atom. The first-order chi connectivity index (χ1) is 8.75. The summed E-state index contributed by atoms with van der Waals surface area (Å²) >= 11 is 3.37. The van der Waals surface area contributed by atoms with Gasteiger partial charge in [0.05, 0.1) is 0 Å². The highest BCUT2D eigenvalue weighted by Gasteiger charge is 2.20. The van der Waals surface area contributed by atoms with Gasteiger partial charge in [-0.3, -0.25) is 0 Å². The van der Waals surface area contributed by atoms with E-state index in [-0.39, 0.29) is 0 Å². The van der Waals surface area contributed by atoms with E-state index in [0.717, 1.165) is 26.7 Å². The minimum atomic E-state index is -0.897. The summed E-state index contributed by atoms with van der Waals surface area (Å²) in [5.41, 5.74) is 3.06. The summed E-state index contributed by atoms with van der Waals surface area (Å²) in [4.78, 5) is 13.3. The molecule has 0 saturated heterocycles. The molecule has 0 radical (unpaired) electrons. The molecular weight excluding hydrogens is 264 g/mol. The molecule has 3 rings (SSSR count). The van der Waals surface area contributed by atoms with Gasteiger partial charge in [-0.2, -0.15) is 0 Å². The van der Waals surface area contributed by atoms with Crippen molar-refractivity contribution in [3.63, 3.8) is 0 Å². The van der Waals surface area contributed by atoms with Gasteiger partial charge in [0.1, 0.15) is 0 Å². The third-order valence-corrected chi connectivity index (χ3v) is 4.93. The number of carbonyl (C=O) groups is 1. The molecule has 0 fully saturated rings. The third-order valence-electron chi connectivity index (χ3n) is 2.82. The van der Waals surface area contributed by atoms with E-state index in [1.807, 2.05) is 29.6 Å². The first kappa shape index (κ1) is 11.6. The third kappa shape index (κ3) is 1.98. The highest BCUT2D eigenvalue weighted by molar-refractivity contribution is 7.98. The van der Waals surface area contributed by atoms with Gasteiger partial charge in [0, 0.05) is 27.2 Å². The van der Waals surface area contributed by atoms with Crippen molar-refractivity contribution in [2.45, 2.75) is 10.6 Å². The van der Waals surface area contributed by atoms with Crippen molar-refractivity contribution in [3.8, 4) is 0 Å². The van der Waals surface area contributed by atoms with Crippen LogP contribution in [0.3, 0.4) is 0 Å². The largest absolute Gasteiger partial charge is 0.478 e. The van der Waals surface area contributed by atoms with Crippen molar-refractivity contribution in [1.29, 1.82) is 0 Å². The molecule has 0 aliphatic carbocycles. The number of hydrogen-bond acceptors (Lipinski definition) is 3. The lowest BCUT2D eigenvalue weighted by Gasteiger charge is -2.07. The highest BCUT2D eigenvalue weighted by Crippen LogP contribution is 2.42. The number of thiophene rings is 1. The van der Waals surface area contributed by atoms with Gasteiger partial charge in [-0.25, -0.2) is 4.79 Å². The van der Waals surface area contributed by atoms with Crippen molar-refractivity contribution in [1.82, 2.24) is 0 Å².